The summed E-state index contributed by atoms with van der Waals surface area (Å²) in [6.07, 6.45) is 0.831. The van der Waals surface area contributed by atoms with Gasteiger partial charge in [0, 0.05) is 11.4 Å². The SMILES string of the molecule is C[C@]1(Cc2ccccc2)NC(=S)N(c2ccc(Cl)cc2)N1. The molecule has 3 nitrogen and oxygen atoms in total. The Hall–Kier alpha value is -1.62. The van der Waals surface area contributed by atoms with Crippen molar-refractivity contribution in [3.05, 3.63) is 65.2 Å². The summed E-state index contributed by atoms with van der Waals surface area (Å²) in [6, 6.07) is 17.9. The first-order valence-corrected chi connectivity index (χ1v) is 7.54. The van der Waals surface area contributed by atoms with Crippen LogP contribution in [0.5, 0.6) is 0 Å². The van der Waals surface area contributed by atoms with Crippen molar-refractivity contribution in [2.45, 2.75) is 19.0 Å². The molecule has 2 aromatic rings. The minimum absolute atomic E-state index is 0.307. The van der Waals surface area contributed by atoms with E-state index in [1.807, 2.05) is 47.5 Å². The molecule has 0 bridgehead atoms. The molecule has 0 saturated carbocycles. The summed E-state index contributed by atoms with van der Waals surface area (Å²) in [4.78, 5) is 0. The molecule has 21 heavy (non-hydrogen) atoms. The predicted octanol–water partition coefficient (Wildman–Crippen LogP) is 3.50. The summed E-state index contributed by atoms with van der Waals surface area (Å²) in [5, 5.41) is 6.61. The zero-order valence-electron chi connectivity index (χ0n) is 11.6. The molecule has 0 aromatic heterocycles. The van der Waals surface area contributed by atoms with Gasteiger partial charge in [-0.05, 0) is 49.0 Å². The van der Waals surface area contributed by atoms with E-state index in [2.05, 4.69) is 29.8 Å². The average molecular weight is 318 g/mol. The fourth-order valence-electron chi connectivity index (χ4n) is 2.48. The van der Waals surface area contributed by atoms with E-state index >= 15 is 0 Å². The third kappa shape index (κ3) is 3.18. The molecule has 1 aliphatic rings. The van der Waals surface area contributed by atoms with Crippen LogP contribution in [-0.2, 0) is 6.42 Å². The van der Waals surface area contributed by atoms with Gasteiger partial charge in [0.25, 0.3) is 0 Å². The molecule has 1 saturated heterocycles. The van der Waals surface area contributed by atoms with Crippen LogP contribution in [0.4, 0.5) is 5.69 Å². The van der Waals surface area contributed by atoms with Crippen LogP contribution in [0, 0.1) is 0 Å². The van der Waals surface area contributed by atoms with Crippen molar-refractivity contribution in [3.63, 3.8) is 0 Å². The van der Waals surface area contributed by atoms with Crippen LogP contribution in [0.2, 0.25) is 5.02 Å². The molecule has 1 heterocycles. The molecule has 2 aromatic carbocycles. The van der Waals surface area contributed by atoms with Crippen LogP contribution in [0.15, 0.2) is 54.6 Å². The van der Waals surface area contributed by atoms with Gasteiger partial charge in [0.1, 0.15) is 5.66 Å². The predicted molar refractivity (Wildman–Crippen MR) is 91.4 cm³/mol. The highest BCUT2D eigenvalue weighted by atomic mass is 35.5. The molecule has 3 rings (SSSR count). The lowest BCUT2D eigenvalue weighted by atomic mass is 10.0. The fourth-order valence-corrected chi connectivity index (χ4v) is 2.98. The average Bonchev–Trinajstić information content (AvgIpc) is 2.76. The summed E-state index contributed by atoms with van der Waals surface area (Å²) in [6.45, 7) is 2.10. The Morgan fingerprint density at radius 1 is 1.10 bits per heavy atom. The summed E-state index contributed by atoms with van der Waals surface area (Å²) in [5.74, 6) is 0. The van der Waals surface area contributed by atoms with E-state index in [0.717, 1.165) is 12.1 Å². The monoisotopic (exact) mass is 317 g/mol. The van der Waals surface area contributed by atoms with Crippen molar-refractivity contribution in [2.24, 2.45) is 0 Å². The van der Waals surface area contributed by atoms with E-state index in [4.69, 9.17) is 23.8 Å². The van der Waals surface area contributed by atoms with Gasteiger partial charge in [-0.2, -0.15) is 0 Å². The van der Waals surface area contributed by atoms with Gasteiger partial charge in [-0.1, -0.05) is 41.9 Å². The maximum Gasteiger partial charge on any atom is 0.189 e. The Morgan fingerprint density at radius 2 is 1.76 bits per heavy atom. The van der Waals surface area contributed by atoms with Crippen LogP contribution in [-0.4, -0.2) is 10.8 Å². The largest absolute Gasteiger partial charge is 0.342 e. The molecule has 0 unspecified atom stereocenters. The number of nitrogens with zero attached hydrogens (tertiary/aromatic N) is 1. The van der Waals surface area contributed by atoms with Gasteiger partial charge in [-0.25, -0.2) is 5.43 Å². The smallest absolute Gasteiger partial charge is 0.189 e. The summed E-state index contributed by atoms with van der Waals surface area (Å²) in [7, 11) is 0. The van der Waals surface area contributed by atoms with Crippen molar-refractivity contribution in [1.82, 2.24) is 10.7 Å². The molecular formula is C16H16ClN3S. The van der Waals surface area contributed by atoms with Crippen molar-refractivity contribution < 1.29 is 0 Å². The van der Waals surface area contributed by atoms with E-state index in [9.17, 15) is 0 Å². The van der Waals surface area contributed by atoms with Crippen LogP contribution >= 0.6 is 23.8 Å². The van der Waals surface area contributed by atoms with Gasteiger partial charge in [-0.15, -0.1) is 0 Å². The normalized spacial score (nSPS) is 21.4. The lowest BCUT2D eigenvalue weighted by Crippen LogP contribution is -2.50. The Balaban J connectivity index is 1.79. The van der Waals surface area contributed by atoms with Gasteiger partial charge in [0.05, 0.1) is 5.69 Å². The number of hydrazine groups is 1. The Kier molecular flexibility index (Phi) is 3.85. The minimum atomic E-state index is -0.307. The zero-order valence-corrected chi connectivity index (χ0v) is 13.2. The maximum atomic E-state index is 5.93. The number of hydrogen-bond acceptors (Lipinski definition) is 2. The lowest BCUT2D eigenvalue weighted by molar-refractivity contribution is 0.372. The van der Waals surface area contributed by atoms with Crippen LogP contribution < -0.4 is 15.8 Å². The summed E-state index contributed by atoms with van der Waals surface area (Å²) < 4.78 is 0. The van der Waals surface area contributed by atoms with E-state index in [1.54, 1.807) is 0 Å². The van der Waals surface area contributed by atoms with Gasteiger partial charge >= 0.3 is 0 Å². The van der Waals surface area contributed by atoms with Gasteiger partial charge < -0.3 is 5.32 Å². The van der Waals surface area contributed by atoms with E-state index in [1.165, 1.54) is 5.56 Å². The lowest BCUT2D eigenvalue weighted by Gasteiger charge is -2.25. The van der Waals surface area contributed by atoms with Gasteiger partial charge in [0.15, 0.2) is 5.11 Å². The number of nitrogens with one attached hydrogen (secondary N) is 2. The van der Waals surface area contributed by atoms with Crippen LogP contribution in [0.1, 0.15) is 12.5 Å². The third-order valence-corrected chi connectivity index (χ3v) is 3.97. The zero-order chi connectivity index (χ0) is 14.9. The molecule has 5 heteroatoms. The number of halogens is 1. The Bertz CT molecular complexity index is 644. The fraction of sp³-hybridized carbons (Fsp3) is 0.188. The first-order valence-electron chi connectivity index (χ1n) is 6.75. The second-order valence-corrected chi connectivity index (χ2v) is 6.17. The Labute approximate surface area is 134 Å². The highest BCUT2D eigenvalue weighted by molar-refractivity contribution is 7.80. The highest BCUT2D eigenvalue weighted by Gasteiger charge is 2.36. The first-order chi connectivity index (χ1) is 10.1. The van der Waals surface area contributed by atoms with E-state index in [-0.39, 0.29) is 5.66 Å². The molecule has 0 aliphatic carbocycles. The standard InChI is InChI=1S/C16H16ClN3S/c1-16(11-12-5-3-2-4-6-12)18-15(21)20(19-16)14-9-7-13(17)8-10-14/h2-10,19H,11H2,1H3,(H,18,21)/t16-/m0/s1. The molecule has 108 valence electrons. The molecule has 0 amide bonds. The van der Waals surface area contributed by atoms with Crippen molar-refractivity contribution >= 4 is 34.6 Å². The van der Waals surface area contributed by atoms with E-state index in [0.29, 0.717) is 10.1 Å². The molecular weight excluding hydrogens is 302 g/mol. The quantitative estimate of drug-likeness (QED) is 0.847. The van der Waals surface area contributed by atoms with Crippen molar-refractivity contribution in [2.75, 3.05) is 5.01 Å². The summed E-state index contributed by atoms with van der Waals surface area (Å²) in [5.41, 5.74) is 5.35. The Morgan fingerprint density at radius 3 is 2.43 bits per heavy atom. The maximum absolute atomic E-state index is 5.93. The second kappa shape index (κ2) is 5.64. The minimum Gasteiger partial charge on any atom is -0.342 e. The third-order valence-electron chi connectivity index (χ3n) is 3.43. The molecule has 1 aliphatic heterocycles. The molecule has 2 N–H and O–H groups in total. The molecule has 0 spiro atoms. The number of rotatable bonds is 3. The molecule has 1 fully saturated rings. The van der Waals surface area contributed by atoms with Crippen LogP contribution in [0.3, 0.4) is 0 Å². The van der Waals surface area contributed by atoms with Crippen molar-refractivity contribution in [3.8, 4) is 0 Å². The van der Waals surface area contributed by atoms with Gasteiger partial charge in [0.2, 0.25) is 0 Å². The number of benzene rings is 2. The van der Waals surface area contributed by atoms with Gasteiger partial charge in [-0.3, -0.25) is 5.01 Å². The summed E-state index contributed by atoms with van der Waals surface area (Å²) >= 11 is 11.4. The number of hydrogen-bond donors (Lipinski definition) is 2. The molecule has 0 radical (unpaired) electrons. The van der Waals surface area contributed by atoms with Crippen LogP contribution in [0.25, 0.3) is 0 Å². The molecule has 1 atom stereocenters. The second-order valence-electron chi connectivity index (χ2n) is 5.35. The van der Waals surface area contributed by atoms with Crippen molar-refractivity contribution in [1.29, 1.82) is 0 Å². The van der Waals surface area contributed by atoms with E-state index < -0.39 is 0 Å². The first kappa shape index (κ1) is 14.3. The number of anilines is 1. The highest BCUT2D eigenvalue weighted by Crippen LogP contribution is 2.23. The topological polar surface area (TPSA) is 27.3 Å². The number of thiocarbonyl (C=S) groups is 1.